The Morgan fingerprint density at radius 1 is 1.50 bits per heavy atom. The lowest BCUT2D eigenvalue weighted by Gasteiger charge is -2.21. The second-order valence-electron chi connectivity index (χ2n) is 5.27. The smallest absolute Gasteiger partial charge is 0.303 e. The standard InChI is InChI=1S/C12H18ClNO4S2/c1-8(15)18-10(7-13)9-5-6-19-11(9)20(16,17)14-12(2,3)4/h5-6,10,14H,7H2,1-4H3. The lowest BCUT2D eigenvalue weighted by atomic mass is 10.1. The summed E-state index contributed by atoms with van der Waals surface area (Å²) in [4.78, 5) is 11.1. The summed E-state index contributed by atoms with van der Waals surface area (Å²) in [6.07, 6.45) is -0.771. The van der Waals surface area contributed by atoms with Crippen LogP contribution in [-0.4, -0.2) is 25.8 Å². The number of thiophene rings is 1. The Hall–Kier alpha value is -0.630. The Kier molecular flexibility index (Phi) is 5.60. The SMILES string of the molecule is CC(=O)OC(CCl)c1ccsc1S(=O)(=O)NC(C)(C)C. The van der Waals surface area contributed by atoms with Gasteiger partial charge in [-0.15, -0.1) is 22.9 Å². The monoisotopic (exact) mass is 339 g/mol. The van der Waals surface area contributed by atoms with Crippen LogP contribution in [0.5, 0.6) is 0 Å². The van der Waals surface area contributed by atoms with Gasteiger partial charge < -0.3 is 4.74 Å². The quantitative estimate of drug-likeness (QED) is 0.661. The van der Waals surface area contributed by atoms with Gasteiger partial charge in [-0.1, -0.05) is 0 Å². The Morgan fingerprint density at radius 3 is 2.55 bits per heavy atom. The second-order valence-corrected chi connectivity index (χ2v) is 8.37. The van der Waals surface area contributed by atoms with Crippen LogP contribution in [0.15, 0.2) is 15.7 Å². The average Bonchev–Trinajstić information content (AvgIpc) is 2.71. The van der Waals surface area contributed by atoms with Gasteiger partial charge >= 0.3 is 5.97 Å². The number of ether oxygens (including phenoxy) is 1. The van der Waals surface area contributed by atoms with Crippen molar-refractivity contribution in [2.24, 2.45) is 0 Å². The minimum atomic E-state index is -3.68. The summed E-state index contributed by atoms with van der Waals surface area (Å²) in [6.45, 7) is 6.52. The summed E-state index contributed by atoms with van der Waals surface area (Å²) < 4.78 is 32.5. The van der Waals surface area contributed by atoms with Gasteiger partial charge in [-0.3, -0.25) is 4.79 Å². The van der Waals surface area contributed by atoms with Crippen molar-refractivity contribution in [1.29, 1.82) is 0 Å². The van der Waals surface area contributed by atoms with Crippen LogP contribution in [0.25, 0.3) is 0 Å². The van der Waals surface area contributed by atoms with E-state index in [1.54, 1.807) is 32.2 Å². The van der Waals surface area contributed by atoms with Crippen LogP contribution in [0.3, 0.4) is 0 Å². The molecule has 0 aliphatic heterocycles. The highest BCUT2D eigenvalue weighted by atomic mass is 35.5. The van der Waals surface area contributed by atoms with E-state index in [0.717, 1.165) is 11.3 Å². The molecule has 1 aromatic heterocycles. The summed E-state index contributed by atoms with van der Waals surface area (Å²) in [5.74, 6) is -0.511. The molecule has 0 spiro atoms. The zero-order chi connectivity index (χ0) is 15.6. The average molecular weight is 340 g/mol. The molecule has 1 N–H and O–H groups in total. The summed E-state index contributed by atoms with van der Waals surface area (Å²) in [6, 6.07) is 1.61. The molecule has 114 valence electrons. The number of hydrogen-bond donors (Lipinski definition) is 1. The predicted molar refractivity (Wildman–Crippen MR) is 79.6 cm³/mol. The fraction of sp³-hybridized carbons (Fsp3) is 0.583. The van der Waals surface area contributed by atoms with E-state index < -0.39 is 27.6 Å². The molecule has 1 aromatic rings. The van der Waals surface area contributed by atoms with Crippen molar-refractivity contribution in [3.05, 3.63) is 17.0 Å². The van der Waals surface area contributed by atoms with Gasteiger partial charge in [0.15, 0.2) is 0 Å². The molecule has 0 aliphatic carbocycles. The van der Waals surface area contributed by atoms with Crippen molar-refractivity contribution >= 4 is 38.9 Å². The zero-order valence-corrected chi connectivity index (χ0v) is 14.2. The van der Waals surface area contributed by atoms with Gasteiger partial charge in [0, 0.05) is 18.0 Å². The summed E-state index contributed by atoms with van der Waals surface area (Å²) >= 11 is 6.84. The molecule has 0 fully saturated rings. The maximum Gasteiger partial charge on any atom is 0.303 e. The molecular formula is C12H18ClNO4S2. The fourth-order valence-corrected chi connectivity index (χ4v) is 4.70. The van der Waals surface area contributed by atoms with Crippen molar-refractivity contribution in [2.75, 3.05) is 5.88 Å². The predicted octanol–water partition coefficient (Wildman–Crippen LogP) is 2.67. The van der Waals surface area contributed by atoms with Gasteiger partial charge in [-0.05, 0) is 32.2 Å². The number of rotatable bonds is 5. The van der Waals surface area contributed by atoms with Crippen LogP contribution in [0.4, 0.5) is 0 Å². The number of halogens is 1. The van der Waals surface area contributed by atoms with E-state index in [0.29, 0.717) is 5.56 Å². The topological polar surface area (TPSA) is 72.5 Å². The molecule has 0 aliphatic rings. The van der Waals surface area contributed by atoms with E-state index in [1.165, 1.54) is 6.92 Å². The van der Waals surface area contributed by atoms with E-state index >= 15 is 0 Å². The number of sulfonamides is 1. The highest BCUT2D eigenvalue weighted by Crippen LogP contribution is 2.31. The molecule has 1 heterocycles. The molecule has 8 heteroatoms. The molecule has 0 bridgehead atoms. The summed E-state index contributed by atoms with van der Waals surface area (Å²) in [5.41, 5.74) is -0.199. The highest BCUT2D eigenvalue weighted by Gasteiger charge is 2.29. The molecule has 0 saturated heterocycles. The van der Waals surface area contributed by atoms with Gasteiger partial charge in [-0.2, -0.15) is 0 Å². The Bertz CT molecular complexity index is 575. The number of carbonyl (C=O) groups is 1. The van der Waals surface area contributed by atoms with Gasteiger partial charge in [0.25, 0.3) is 10.0 Å². The van der Waals surface area contributed by atoms with Crippen LogP contribution >= 0.6 is 22.9 Å². The Labute approximate surface area is 128 Å². The first kappa shape index (κ1) is 17.4. The molecule has 0 radical (unpaired) electrons. The molecule has 0 amide bonds. The fourth-order valence-electron chi connectivity index (χ4n) is 1.59. The number of esters is 1. The molecule has 20 heavy (non-hydrogen) atoms. The Balaban J connectivity index is 3.16. The highest BCUT2D eigenvalue weighted by molar-refractivity contribution is 7.91. The largest absolute Gasteiger partial charge is 0.456 e. The summed E-state index contributed by atoms with van der Waals surface area (Å²) in [7, 11) is -3.68. The number of hydrogen-bond acceptors (Lipinski definition) is 5. The minimum absolute atomic E-state index is 0.00560. The van der Waals surface area contributed by atoms with Crippen molar-refractivity contribution in [1.82, 2.24) is 4.72 Å². The first-order valence-electron chi connectivity index (χ1n) is 5.91. The lowest BCUT2D eigenvalue weighted by molar-refractivity contribution is -0.145. The van der Waals surface area contributed by atoms with Crippen LogP contribution in [0, 0.1) is 0 Å². The van der Waals surface area contributed by atoms with Gasteiger partial charge in [0.1, 0.15) is 10.3 Å². The van der Waals surface area contributed by atoms with Crippen LogP contribution in [0.1, 0.15) is 39.4 Å². The normalized spacial score (nSPS) is 14.1. The molecular weight excluding hydrogens is 322 g/mol. The number of carbonyl (C=O) groups excluding carboxylic acids is 1. The molecule has 1 rings (SSSR count). The van der Waals surface area contributed by atoms with Crippen molar-refractivity contribution in [3.8, 4) is 0 Å². The minimum Gasteiger partial charge on any atom is -0.456 e. The van der Waals surface area contributed by atoms with Gasteiger partial charge in [-0.25, -0.2) is 13.1 Å². The number of nitrogens with one attached hydrogen (secondary N) is 1. The first-order valence-corrected chi connectivity index (χ1v) is 8.81. The molecule has 0 saturated carbocycles. The molecule has 1 atom stereocenters. The summed E-state index contributed by atoms with van der Waals surface area (Å²) in [5, 5.41) is 1.63. The van der Waals surface area contributed by atoms with Crippen molar-refractivity contribution in [2.45, 2.75) is 43.5 Å². The molecule has 1 unspecified atom stereocenters. The second kappa shape index (κ2) is 6.43. The van der Waals surface area contributed by atoms with Gasteiger partial charge in [0.2, 0.25) is 0 Å². The maximum absolute atomic E-state index is 12.4. The van der Waals surface area contributed by atoms with Crippen LogP contribution < -0.4 is 4.72 Å². The van der Waals surface area contributed by atoms with E-state index in [2.05, 4.69) is 4.72 Å². The third-order valence-corrected chi connectivity index (χ3v) is 5.69. The molecule has 5 nitrogen and oxygen atoms in total. The van der Waals surface area contributed by atoms with Gasteiger partial charge in [0.05, 0.1) is 5.88 Å². The van der Waals surface area contributed by atoms with E-state index in [1.807, 2.05) is 0 Å². The van der Waals surface area contributed by atoms with Crippen LogP contribution in [0.2, 0.25) is 0 Å². The maximum atomic E-state index is 12.4. The van der Waals surface area contributed by atoms with E-state index in [4.69, 9.17) is 16.3 Å². The lowest BCUT2D eigenvalue weighted by Crippen LogP contribution is -2.40. The Morgan fingerprint density at radius 2 is 2.10 bits per heavy atom. The molecule has 0 aromatic carbocycles. The first-order chi connectivity index (χ1) is 9.07. The van der Waals surface area contributed by atoms with E-state index in [-0.39, 0.29) is 10.1 Å². The van der Waals surface area contributed by atoms with E-state index in [9.17, 15) is 13.2 Å². The number of alkyl halides is 1. The third kappa shape index (κ3) is 4.73. The van der Waals surface area contributed by atoms with Crippen molar-refractivity contribution in [3.63, 3.8) is 0 Å². The zero-order valence-electron chi connectivity index (χ0n) is 11.8. The van der Waals surface area contributed by atoms with Crippen LogP contribution in [-0.2, 0) is 19.6 Å². The third-order valence-electron chi connectivity index (χ3n) is 2.14. The van der Waals surface area contributed by atoms with Crippen molar-refractivity contribution < 1.29 is 17.9 Å².